The molecule has 0 heterocycles. The van der Waals surface area contributed by atoms with Crippen molar-refractivity contribution in [3.8, 4) is 0 Å². The fourth-order valence-electron chi connectivity index (χ4n) is 1.39. The predicted octanol–water partition coefficient (Wildman–Crippen LogP) is 0.856. The molecule has 104 valence electrons. The van der Waals surface area contributed by atoms with Gasteiger partial charge >= 0.3 is 0 Å². The Morgan fingerprint density at radius 3 is 2.53 bits per heavy atom. The Balaban J connectivity index is 2.47. The first-order valence-electron chi connectivity index (χ1n) is 5.91. The molecule has 0 aliphatic carbocycles. The van der Waals surface area contributed by atoms with Crippen LogP contribution in [0.15, 0.2) is 29.2 Å². The second-order valence-corrected chi connectivity index (χ2v) is 4.54. The molecule has 2 N–H and O–H groups in total. The van der Waals surface area contributed by atoms with Crippen LogP contribution in [0, 0.1) is 0 Å². The predicted molar refractivity (Wildman–Crippen MR) is 75.5 cm³/mol. The average Bonchev–Trinajstić information content (AvgIpc) is 2.39. The van der Waals surface area contributed by atoms with E-state index in [0.717, 1.165) is 4.90 Å². The van der Waals surface area contributed by atoms with E-state index >= 15 is 0 Å². The van der Waals surface area contributed by atoms with Crippen LogP contribution < -0.4 is 10.6 Å². The van der Waals surface area contributed by atoms with Crippen LogP contribution in [0.5, 0.6) is 0 Å². The molecule has 1 atom stereocenters. The number of thiol groups is 1. The number of methoxy groups -OCH3 is 1. The molecule has 0 saturated heterocycles. The highest BCUT2D eigenvalue weighted by Gasteiger charge is 2.15. The van der Waals surface area contributed by atoms with Crippen molar-refractivity contribution in [1.82, 2.24) is 10.6 Å². The maximum atomic E-state index is 11.9. The topological polar surface area (TPSA) is 67.4 Å². The maximum Gasteiger partial charge on any atom is 0.251 e. The molecule has 0 bridgehead atoms. The van der Waals surface area contributed by atoms with Crippen LogP contribution in [-0.2, 0) is 9.53 Å². The van der Waals surface area contributed by atoms with Gasteiger partial charge in [-0.2, -0.15) is 0 Å². The third-order valence-corrected chi connectivity index (χ3v) is 2.77. The largest absolute Gasteiger partial charge is 0.383 e. The Labute approximate surface area is 118 Å². The van der Waals surface area contributed by atoms with E-state index in [9.17, 15) is 9.59 Å². The third-order valence-electron chi connectivity index (χ3n) is 2.48. The van der Waals surface area contributed by atoms with Crippen molar-refractivity contribution in [3.05, 3.63) is 29.8 Å². The van der Waals surface area contributed by atoms with Gasteiger partial charge in [0.15, 0.2) is 0 Å². The number of benzene rings is 1. The molecule has 1 aromatic rings. The van der Waals surface area contributed by atoms with E-state index in [1.165, 1.54) is 0 Å². The highest BCUT2D eigenvalue weighted by atomic mass is 32.1. The lowest BCUT2D eigenvalue weighted by Gasteiger charge is -2.14. The summed E-state index contributed by atoms with van der Waals surface area (Å²) in [5.74, 6) is -0.529. The molecular weight excluding hydrogens is 264 g/mol. The van der Waals surface area contributed by atoms with Crippen LogP contribution in [0.4, 0.5) is 0 Å². The Morgan fingerprint density at radius 1 is 1.32 bits per heavy atom. The van der Waals surface area contributed by atoms with Gasteiger partial charge in [-0.1, -0.05) is 0 Å². The molecule has 0 saturated carbocycles. The van der Waals surface area contributed by atoms with Crippen molar-refractivity contribution in [2.45, 2.75) is 17.9 Å². The molecule has 1 rings (SSSR count). The summed E-state index contributed by atoms with van der Waals surface area (Å²) in [7, 11) is 1.56. The van der Waals surface area contributed by atoms with Crippen LogP contribution in [0.25, 0.3) is 0 Å². The summed E-state index contributed by atoms with van der Waals surface area (Å²) in [6.07, 6.45) is 0. The minimum absolute atomic E-state index is 0.240. The monoisotopic (exact) mass is 282 g/mol. The summed E-state index contributed by atoms with van der Waals surface area (Å²) < 4.78 is 4.82. The van der Waals surface area contributed by atoms with E-state index in [1.54, 1.807) is 38.3 Å². The van der Waals surface area contributed by atoms with Crippen LogP contribution in [-0.4, -0.2) is 38.1 Å². The van der Waals surface area contributed by atoms with Crippen LogP contribution in [0.1, 0.15) is 17.3 Å². The van der Waals surface area contributed by atoms with Crippen molar-refractivity contribution < 1.29 is 14.3 Å². The van der Waals surface area contributed by atoms with Crippen molar-refractivity contribution >= 4 is 24.4 Å². The van der Waals surface area contributed by atoms with Gasteiger partial charge in [-0.15, -0.1) is 12.6 Å². The highest BCUT2D eigenvalue weighted by molar-refractivity contribution is 7.80. The van der Waals surface area contributed by atoms with Gasteiger partial charge in [0.1, 0.15) is 6.04 Å². The number of nitrogens with one attached hydrogen (secondary N) is 2. The van der Waals surface area contributed by atoms with E-state index in [4.69, 9.17) is 4.74 Å². The number of amides is 2. The molecule has 0 aromatic heterocycles. The molecule has 0 aliphatic rings. The third kappa shape index (κ3) is 5.32. The van der Waals surface area contributed by atoms with Gasteiger partial charge < -0.3 is 15.4 Å². The van der Waals surface area contributed by atoms with Gasteiger partial charge in [0.2, 0.25) is 5.91 Å². The quantitative estimate of drug-likeness (QED) is 0.535. The van der Waals surface area contributed by atoms with Gasteiger partial charge in [-0.05, 0) is 31.2 Å². The highest BCUT2D eigenvalue weighted by Crippen LogP contribution is 2.07. The summed E-state index contributed by atoms with van der Waals surface area (Å²) in [6, 6.07) is 6.17. The van der Waals surface area contributed by atoms with Crippen molar-refractivity contribution in [2.24, 2.45) is 0 Å². The van der Waals surface area contributed by atoms with Crippen LogP contribution in [0.2, 0.25) is 0 Å². The second kappa shape index (κ2) is 7.81. The van der Waals surface area contributed by atoms with Gasteiger partial charge in [0.25, 0.3) is 5.91 Å². The summed E-state index contributed by atoms with van der Waals surface area (Å²) in [5.41, 5.74) is 0.495. The van der Waals surface area contributed by atoms with Gasteiger partial charge in [0.05, 0.1) is 6.61 Å². The molecule has 5 nitrogen and oxygen atoms in total. The first-order chi connectivity index (χ1) is 9.04. The lowest BCUT2D eigenvalue weighted by atomic mass is 10.2. The summed E-state index contributed by atoms with van der Waals surface area (Å²) in [5, 5.41) is 5.28. The fraction of sp³-hybridized carbons (Fsp3) is 0.385. The van der Waals surface area contributed by atoms with Gasteiger partial charge in [0, 0.05) is 24.1 Å². The van der Waals surface area contributed by atoms with Crippen LogP contribution in [0.3, 0.4) is 0 Å². The average molecular weight is 282 g/mol. The molecule has 0 aliphatic heterocycles. The van der Waals surface area contributed by atoms with Gasteiger partial charge in [-0.3, -0.25) is 9.59 Å². The van der Waals surface area contributed by atoms with E-state index < -0.39 is 6.04 Å². The first-order valence-corrected chi connectivity index (χ1v) is 6.36. The second-order valence-electron chi connectivity index (χ2n) is 4.03. The number of ether oxygens (including phenoxy) is 1. The molecular formula is C13H18N2O3S. The zero-order valence-electron chi connectivity index (χ0n) is 11.0. The Kier molecular flexibility index (Phi) is 6.38. The van der Waals surface area contributed by atoms with Gasteiger partial charge in [-0.25, -0.2) is 0 Å². The first kappa shape index (κ1) is 15.5. The van der Waals surface area contributed by atoms with E-state index in [1.807, 2.05) is 0 Å². The summed E-state index contributed by atoms with van der Waals surface area (Å²) in [4.78, 5) is 24.3. The van der Waals surface area contributed by atoms with E-state index in [2.05, 4.69) is 23.3 Å². The lowest BCUT2D eigenvalue weighted by molar-refractivity contribution is -0.122. The smallest absolute Gasteiger partial charge is 0.251 e. The van der Waals surface area contributed by atoms with Crippen molar-refractivity contribution in [1.29, 1.82) is 0 Å². The number of rotatable bonds is 6. The molecule has 1 aromatic carbocycles. The Bertz CT molecular complexity index is 434. The minimum Gasteiger partial charge on any atom is -0.383 e. The molecule has 2 amide bonds. The van der Waals surface area contributed by atoms with Crippen LogP contribution >= 0.6 is 12.6 Å². The van der Waals surface area contributed by atoms with E-state index in [-0.39, 0.29) is 11.8 Å². The Hall–Kier alpha value is -1.53. The zero-order valence-corrected chi connectivity index (χ0v) is 11.9. The number of carbonyl (C=O) groups excluding carboxylic acids is 2. The number of hydrogen-bond acceptors (Lipinski definition) is 4. The van der Waals surface area contributed by atoms with Crippen molar-refractivity contribution in [2.75, 3.05) is 20.3 Å². The Morgan fingerprint density at radius 2 is 1.95 bits per heavy atom. The zero-order chi connectivity index (χ0) is 14.3. The molecule has 19 heavy (non-hydrogen) atoms. The normalized spacial score (nSPS) is 11.7. The number of carbonyl (C=O) groups is 2. The number of hydrogen-bond donors (Lipinski definition) is 3. The van der Waals surface area contributed by atoms with Crippen molar-refractivity contribution in [3.63, 3.8) is 0 Å². The van der Waals surface area contributed by atoms with E-state index in [0.29, 0.717) is 18.7 Å². The fourth-order valence-corrected chi connectivity index (χ4v) is 1.54. The lowest BCUT2D eigenvalue weighted by Crippen LogP contribution is -2.45. The molecule has 0 radical (unpaired) electrons. The summed E-state index contributed by atoms with van der Waals surface area (Å²) in [6.45, 7) is 2.49. The minimum atomic E-state index is -0.597. The molecule has 0 fully saturated rings. The molecule has 1 unspecified atom stereocenters. The molecule has 6 heteroatoms. The molecule has 0 spiro atoms. The SMILES string of the molecule is COCCNC(=O)C(C)NC(=O)c1ccc(S)cc1. The standard InChI is InChI=1S/C13H18N2O3S/c1-9(12(16)14-7-8-18-2)15-13(17)10-3-5-11(19)6-4-10/h3-6,9,19H,7-8H2,1-2H3,(H,14,16)(H,15,17). The maximum absolute atomic E-state index is 11.9. The summed E-state index contributed by atoms with van der Waals surface area (Å²) >= 11 is 4.14.